The molecular formula is C95H141N23O19. The van der Waals surface area contributed by atoms with Gasteiger partial charge in [-0.2, -0.15) is 0 Å². The van der Waals surface area contributed by atoms with Gasteiger partial charge in [0.25, 0.3) is 5.56 Å². The zero-order valence-corrected chi connectivity index (χ0v) is 79.4. The molecule has 0 unspecified atom stereocenters. The van der Waals surface area contributed by atoms with Gasteiger partial charge in [-0.25, -0.2) is 19.6 Å². The Bertz CT molecular complexity index is 5060. The minimum Gasteiger partial charge on any atom is -0.508 e. The number of hydrogen-bond acceptors (Lipinski definition) is 22. The Balaban J connectivity index is 0.954. The van der Waals surface area contributed by atoms with Crippen LogP contribution in [0, 0.1) is 17.2 Å². The third-order valence-corrected chi connectivity index (χ3v) is 24.2. The molecule has 0 spiro atoms. The van der Waals surface area contributed by atoms with Crippen LogP contribution in [0.5, 0.6) is 5.75 Å². The van der Waals surface area contributed by atoms with Crippen molar-refractivity contribution in [1.29, 1.82) is 5.41 Å². The summed E-state index contributed by atoms with van der Waals surface area (Å²) in [7, 11) is 1.38. The fraction of sp³-hybridized carbons (Fsp3) is 0.568. The van der Waals surface area contributed by atoms with Crippen LogP contribution < -0.4 is 91.5 Å². The first-order valence-electron chi connectivity index (χ1n) is 47.6. The van der Waals surface area contributed by atoms with E-state index >= 15 is 4.79 Å². The van der Waals surface area contributed by atoms with Gasteiger partial charge >= 0.3 is 11.9 Å². The topological polar surface area (TPSA) is 649 Å². The minimum absolute atomic E-state index is 0.00418. The first kappa shape index (κ1) is 110. The van der Waals surface area contributed by atoms with E-state index in [2.05, 4.69) is 90.7 Å². The number of primary amides is 1. The number of aliphatic carboxylic acids is 2. The number of likely N-dealkylation sites (N-methyl/N-ethyl adjacent to an activating group) is 1. The molecule has 1 saturated heterocycles. The number of carbonyl (C=O) groups excluding carboxylic acids is 13. The van der Waals surface area contributed by atoms with Gasteiger partial charge in [0.15, 0.2) is 5.96 Å². The molecule has 3 aromatic heterocycles. The van der Waals surface area contributed by atoms with Crippen LogP contribution in [0.1, 0.15) is 218 Å². The van der Waals surface area contributed by atoms with Crippen LogP contribution in [-0.2, 0) is 97.7 Å². The zero-order valence-electron chi connectivity index (χ0n) is 79.4. The molecule has 137 heavy (non-hydrogen) atoms. The molecule has 1 aliphatic rings. The normalized spacial score (nSPS) is 14.4. The SMILES string of the molecule is CCCCCCCCCCCCCCCC(=O)N[C@@H](CCC(=O)N[C@@H](CCC(=O)NCCCC[C@H](NC(=O)[C@@H](N)[C@@H](C)CC)C(=O)N1CCN(c2ccc3ncn(CC(=O)N[C@@H](CCCNC(=N)N)C(=O)N[C@@H](Cc4cnc[nH]4)C(=O)N[C@@H](Cc4ccc(O)cc4)C(=O)N[C@@H](CC(C)C)C(=O)N[C@@H](CC(N)=O)C(=O)N[C@@H](Cc4c[nH]c5ccccc45)C(=O)NC)c(=O)c3c2)CC1)C(=O)O)C(=O)O. The number of aromatic hydroxyl groups is 1. The number of unbranched alkanes of at least 4 members (excludes halogenated alkanes) is 13. The molecule has 1 aliphatic heterocycles. The summed E-state index contributed by atoms with van der Waals surface area (Å²) in [5, 5.41) is 70.2. The van der Waals surface area contributed by atoms with Crippen LogP contribution in [0.2, 0.25) is 0 Å². The molecule has 0 aliphatic carbocycles. The molecule has 0 radical (unpaired) electrons. The second kappa shape index (κ2) is 58.0. The maximum absolute atomic E-state index is 15.0. The number of benzene rings is 3. The second-order valence-corrected chi connectivity index (χ2v) is 35.5. The van der Waals surface area contributed by atoms with Crippen LogP contribution in [0.3, 0.4) is 0 Å². The van der Waals surface area contributed by atoms with Crippen molar-refractivity contribution in [2.24, 2.45) is 29.0 Å². The minimum atomic E-state index is -1.66. The number of carboxylic acids is 2. The number of fused-ring (bicyclic) bond motifs is 2. The summed E-state index contributed by atoms with van der Waals surface area (Å²) in [4.78, 5) is 237. The van der Waals surface area contributed by atoms with Crippen LogP contribution in [0.25, 0.3) is 21.8 Å². The van der Waals surface area contributed by atoms with Crippen molar-refractivity contribution >= 4 is 122 Å². The number of hydrogen-bond donors (Lipinski definition) is 21. The van der Waals surface area contributed by atoms with Gasteiger partial charge in [0.2, 0.25) is 76.8 Å². The van der Waals surface area contributed by atoms with Crippen LogP contribution in [-0.4, -0.2) is 246 Å². The van der Waals surface area contributed by atoms with E-state index in [1.807, 2.05) is 43.0 Å². The van der Waals surface area contributed by atoms with Gasteiger partial charge in [-0.05, 0) is 117 Å². The Kier molecular flexibility index (Phi) is 46.8. The monoisotopic (exact) mass is 1910 g/mol. The van der Waals surface area contributed by atoms with Gasteiger partial charge in [-0.15, -0.1) is 0 Å². The van der Waals surface area contributed by atoms with E-state index in [1.54, 1.807) is 43.1 Å². The average Bonchev–Trinajstić information content (AvgIpc) is 1.56. The summed E-state index contributed by atoms with van der Waals surface area (Å²) >= 11 is 0. The smallest absolute Gasteiger partial charge is 0.326 e. The van der Waals surface area contributed by atoms with Crippen LogP contribution in [0.15, 0.2) is 96.6 Å². The number of rotatable bonds is 63. The van der Waals surface area contributed by atoms with Gasteiger partial charge in [0.1, 0.15) is 66.7 Å². The number of nitrogens with one attached hydrogen (secondary N) is 15. The first-order chi connectivity index (χ1) is 65.5. The Morgan fingerprint density at radius 3 is 1.65 bits per heavy atom. The number of piperazine rings is 1. The second-order valence-electron chi connectivity index (χ2n) is 35.5. The molecule has 42 heteroatoms. The lowest BCUT2D eigenvalue weighted by Gasteiger charge is -2.38. The Hall–Kier alpha value is -13.6. The van der Waals surface area contributed by atoms with Crippen LogP contribution >= 0.6 is 0 Å². The molecule has 7 rings (SSSR count). The lowest BCUT2D eigenvalue weighted by molar-refractivity contribution is -0.143. The van der Waals surface area contributed by atoms with Crippen molar-refractivity contribution in [2.75, 3.05) is 51.2 Å². The van der Waals surface area contributed by atoms with E-state index in [1.165, 1.54) is 95.2 Å². The fourth-order valence-corrected chi connectivity index (χ4v) is 16.1. The van der Waals surface area contributed by atoms with Gasteiger partial charge in [-0.1, -0.05) is 148 Å². The molecule has 24 N–H and O–H groups in total. The van der Waals surface area contributed by atoms with E-state index in [4.69, 9.17) is 22.6 Å². The van der Waals surface area contributed by atoms with E-state index in [0.717, 1.165) is 47.5 Å². The molecule has 6 aromatic rings. The van der Waals surface area contributed by atoms with Crippen molar-refractivity contribution in [1.82, 2.24) is 93.2 Å². The maximum Gasteiger partial charge on any atom is 0.326 e. The molecular weight excluding hydrogens is 1770 g/mol. The molecule has 4 heterocycles. The summed E-state index contributed by atoms with van der Waals surface area (Å²) in [5.41, 5.74) is 20.0. The summed E-state index contributed by atoms with van der Waals surface area (Å²) in [5.74, 6) is -13.6. The molecule has 13 amide bonds. The lowest BCUT2D eigenvalue weighted by atomic mass is 9.98. The van der Waals surface area contributed by atoms with Crippen molar-refractivity contribution in [3.05, 3.63) is 119 Å². The van der Waals surface area contributed by atoms with E-state index in [0.29, 0.717) is 48.2 Å². The molecule has 0 saturated carbocycles. The predicted octanol–water partition coefficient (Wildman–Crippen LogP) is 2.85. The van der Waals surface area contributed by atoms with Gasteiger partial charge in [0.05, 0.1) is 36.0 Å². The van der Waals surface area contributed by atoms with Crippen molar-refractivity contribution in [3.8, 4) is 5.75 Å². The lowest BCUT2D eigenvalue weighted by Crippen LogP contribution is -2.60. The standard InChI is InChI=1S/C95H141N23O19/c1-7-9-10-11-12-13-14-15-16-17-18-19-20-30-80(122)108-72(94(136)137)38-40-81(123)109-71(93(134)135)37-39-79(121)102-41-24-23-28-70(110-90(131)83(97)59(5)8-2)92(133)117-45-43-116(44-46-117)63-33-36-68-66(51-63)91(132)118(57-106-68)55-82(124)107-69(29-25-42-103-95(98)99)85(126)114-76(50-62-54-101-56-105-62)88(129)112-74(48-60-31-34-64(119)35-32-60)87(128)111-73(47-58(3)4)86(127)115-77(52-78(96)120)89(130)113-75(84(125)100-6)49-61-53-104-67-27-22-21-26-65(61)67/h21-22,26-27,31-36,51,53-54,56-59,69-77,83,104,119H,7-20,23-25,28-30,37-50,52,55,97H2,1-6H3,(H2,96,120)(H,100,125)(H,101,105)(H,102,121)(H,107,124)(H,108,122)(H,109,123)(H,110,131)(H,111,128)(H,112,129)(H,113,130)(H,114,126)(H,115,127)(H,134,135)(H,136,137)(H4,98,99,103)/t59-,69-,70-,71-,72-,73-,74-,75-,76-,77-,83-/m0/s1. The molecule has 11 atom stereocenters. The highest BCUT2D eigenvalue weighted by Crippen LogP contribution is 2.25. The zero-order chi connectivity index (χ0) is 100. The van der Waals surface area contributed by atoms with Gasteiger partial charge < -0.3 is 116 Å². The Morgan fingerprint density at radius 1 is 0.518 bits per heavy atom. The Labute approximate surface area is 797 Å². The third kappa shape index (κ3) is 38.3. The summed E-state index contributed by atoms with van der Waals surface area (Å²) < 4.78 is 1.04. The van der Waals surface area contributed by atoms with E-state index in [9.17, 15) is 87.2 Å². The van der Waals surface area contributed by atoms with Crippen molar-refractivity contribution < 1.29 is 87.2 Å². The highest BCUT2D eigenvalue weighted by Gasteiger charge is 2.38. The number of carbonyl (C=O) groups is 15. The number of guanidine groups is 1. The number of phenolic OH excluding ortho intramolecular Hbond substituents is 1. The number of carboxylic acid groups (broad SMARTS) is 2. The summed E-state index contributed by atoms with van der Waals surface area (Å²) in [6.45, 7) is 9.76. The Morgan fingerprint density at radius 2 is 1.06 bits per heavy atom. The molecule has 42 nitrogen and oxygen atoms in total. The number of amides is 13. The van der Waals surface area contributed by atoms with E-state index < -0.39 is 168 Å². The van der Waals surface area contributed by atoms with Gasteiger partial charge in [-0.3, -0.25) is 77.1 Å². The van der Waals surface area contributed by atoms with Crippen LogP contribution in [0.4, 0.5) is 5.69 Å². The molecule has 1 fully saturated rings. The summed E-state index contributed by atoms with van der Waals surface area (Å²) in [6, 6.07) is 4.21. The number of aromatic nitrogens is 5. The predicted molar refractivity (Wildman–Crippen MR) is 513 cm³/mol. The number of para-hydroxylation sites is 1. The number of phenols is 1. The van der Waals surface area contributed by atoms with Crippen molar-refractivity contribution in [2.45, 2.75) is 288 Å². The first-order valence-corrected chi connectivity index (χ1v) is 47.6. The number of anilines is 1. The molecule has 0 bridgehead atoms. The highest BCUT2D eigenvalue weighted by molar-refractivity contribution is 5.99. The number of imidazole rings is 1. The quantitative estimate of drug-likeness (QED) is 0.0148. The molecule has 3 aromatic carbocycles. The van der Waals surface area contributed by atoms with Crippen molar-refractivity contribution in [3.63, 3.8) is 0 Å². The van der Waals surface area contributed by atoms with Gasteiger partial charge in [0, 0.05) is 120 Å². The fourth-order valence-electron chi connectivity index (χ4n) is 16.1. The molecule has 750 valence electrons. The number of nitrogens with zero attached hydrogens (tertiary/aromatic N) is 5. The largest absolute Gasteiger partial charge is 0.508 e. The third-order valence-electron chi connectivity index (χ3n) is 24.2. The average molecular weight is 1910 g/mol. The van der Waals surface area contributed by atoms with E-state index in [-0.39, 0.29) is 150 Å². The maximum atomic E-state index is 15.0. The number of nitrogens with two attached hydrogens (primary N) is 3. The number of aromatic amines is 2. The number of H-pyrrole nitrogens is 2. The summed E-state index contributed by atoms with van der Waals surface area (Å²) in [6.07, 6.45) is 19.1. The highest BCUT2D eigenvalue weighted by atomic mass is 16.4.